The fraction of sp³-hybridized carbons (Fsp3) is 0.400. The van der Waals surface area contributed by atoms with Crippen LogP contribution in [0.15, 0.2) is 42.6 Å². The highest BCUT2D eigenvalue weighted by molar-refractivity contribution is 8.00. The van der Waals surface area contributed by atoms with Gasteiger partial charge in [-0.3, -0.25) is 0 Å². The van der Waals surface area contributed by atoms with Gasteiger partial charge in [-0.05, 0) is 24.3 Å². The number of benzene rings is 1. The molecule has 0 spiro atoms. The van der Waals surface area contributed by atoms with Crippen LogP contribution in [0.5, 0.6) is 0 Å². The average Bonchev–Trinajstić information content (AvgIpc) is 3.25. The Morgan fingerprint density at radius 1 is 1.12 bits per heavy atom. The largest absolute Gasteiger partial charge is 0.394 e. The van der Waals surface area contributed by atoms with E-state index in [0.29, 0.717) is 0 Å². The second-order valence-corrected chi connectivity index (χ2v) is 9.39. The summed E-state index contributed by atoms with van der Waals surface area (Å²) in [6.45, 7) is -0.580. The Bertz CT molecular complexity index is 1050. The van der Waals surface area contributed by atoms with E-state index in [1.54, 1.807) is 0 Å². The Morgan fingerprint density at radius 2 is 1.76 bits per heavy atom. The zero-order valence-corrected chi connectivity index (χ0v) is 18.2. The molecule has 0 saturated carbocycles. The van der Waals surface area contributed by atoms with Crippen molar-refractivity contribution in [1.82, 2.24) is 15.0 Å². The Hall–Kier alpha value is -1.96. The summed E-state index contributed by atoms with van der Waals surface area (Å²) < 4.78 is 60.8. The van der Waals surface area contributed by atoms with E-state index < -0.39 is 64.2 Å². The Morgan fingerprint density at radius 3 is 2.36 bits per heavy atom. The van der Waals surface area contributed by atoms with E-state index in [9.17, 15) is 32.9 Å². The van der Waals surface area contributed by atoms with Crippen molar-refractivity contribution in [1.29, 1.82) is 0 Å². The lowest BCUT2D eigenvalue weighted by Crippen LogP contribution is -2.55. The second-order valence-electron chi connectivity index (χ2n) is 7.53. The molecule has 33 heavy (non-hydrogen) atoms. The summed E-state index contributed by atoms with van der Waals surface area (Å²) in [5, 5.41) is 36.3. The van der Waals surface area contributed by atoms with Crippen molar-refractivity contribution in [3.63, 3.8) is 0 Å². The smallest absolute Gasteiger partial charge is 0.220 e. The van der Waals surface area contributed by atoms with Crippen LogP contribution in [0.3, 0.4) is 0 Å². The molecule has 0 amide bonds. The van der Waals surface area contributed by atoms with Gasteiger partial charge in [-0.2, -0.15) is 0 Å². The molecule has 1 aromatic heterocycles. The van der Waals surface area contributed by atoms with E-state index in [-0.39, 0.29) is 11.3 Å². The van der Waals surface area contributed by atoms with Crippen LogP contribution in [0, 0.1) is 17.5 Å². The van der Waals surface area contributed by atoms with Crippen LogP contribution < -0.4 is 0 Å². The van der Waals surface area contributed by atoms with Gasteiger partial charge in [-0.15, -0.1) is 16.9 Å². The fourth-order valence-electron chi connectivity index (χ4n) is 3.56. The van der Waals surface area contributed by atoms with E-state index in [4.69, 9.17) is 16.3 Å². The standard InChI is InChI=1S/C20H18ClF4N3O4S/c21-20(25)3-1-10(2-4-20)33-19-18(31)16(17(30)14(8-29)32-19)28-7-13(26-27-28)9-5-11(22)15(24)12(23)6-9/h1-7,10,14,16-19,29-31H,8H2/t10?,14-,16+,17+,18-,19-,20?/m1/s1. The summed E-state index contributed by atoms with van der Waals surface area (Å²) in [6.07, 6.45) is 2.56. The maximum Gasteiger partial charge on any atom is 0.220 e. The molecule has 1 fully saturated rings. The van der Waals surface area contributed by atoms with Gasteiger partial charge in [0, 0.05) is 10.8 Å². The quantitative estimate of drug-likeness (QED) is 0.247. The van der Waals surface area contributed by atoms with Crippen LogP contribution in [0.1, 0.15) is 6.04 Å². The SMILES string of the molecule is OC[C@H]1O[C@H](SC2C=CC(F)(Cl)C=C2)[C@H](O)[C@@H](n2cc(-c3cc(F)c(F)c(F)c3)nn2)[C@H]1O. The van der Waals surface area contributed by atoms with E-state index in [0.717, 1.165) is 40.7 Å². The molecule has 7 nitrogen and oxygen atoms in total. The Kier molecular flexibility index (Phi) is 6.85. The molecule has 13 heteroatoms. The maximum atomic E-state index is 13.7. The number of nitrogens with zero attached hydrogens (tertiary/aromatic N) is 3. The van der Waals surface area contributed by atoms with E-state index in [1.165, 1.54) is 18.3 Å². The first-order valence-corrected chi connectivity index (χ1v) is 11.0. The van der Waals surface area contributed by atoms with Gasteiger partial charge in [-0.1, -0.05) is 29.0 Å². The minimum Gasteiger partial charge on any atom is -0.394 e. The molecule has 2 heterocycles. The third-order valence-corrected chi connectivity index (χ3v) is 6.79. The fourth-order valence-corrected chi connectivity index (χ4v) is 4.89. The predicted molar refractivity (Wildman–Crippen MR) is 111 cm³/mol. The van der Waals surface area contributed by atoms with Crippen LogP contribution >= 0.6 is 23.4 Å². The minimum atomic E-state index is -2.11. The number of ether oxygens (including phenoxy) is 1. The summed E-state index contributed by atoms with van der Waals surface area (Å²) in [5.41, 5.74) is -1.12. The molecular weight excluding hydrogens is 490 g/mol. The van der Waals surface area contributed by atoms with Crippen molar-refractivity contribution in [2.24, 2.45) is 0 Å². The minimum absolute atomic E-state index is 0.0389. The molecule has 1 aliphatic carbocycles. The van der Waals surface area contributed by atoms with Crippen LogP contribution in [0.25, 0.3) is 11.3 Å². The molecule has 2 aromatic rings. The highest BCUT2D eigenvalue weighted by Gasteiger charge is 2.47. The van der Waals surface area contributed by atoms with Gasteiger partial charge in [0.05, 0.1) is 12.8 Å². The molecule has 3 N–H and O–H groups in total. The van der Waals surface area contributed by atoms with E-state index in [2.05, 4.69) is 10.3 Å². The zero-order chi connectivity index (χ0) is 23.9. The predicted octanol–water partition coefficient (Wildman–Crippen LogP) is 2.47. The van der Waals surface area contributed by atoms with Crippen LogP contribution in [0.4, 0.5) is 17.6 Å². The first kappa shape index (κ1) is 24.2. The van der Waals surface area contributed by atoms with Crippen LogP contribution in [-0.4, -0.2) is 71.0 Å². The number of thioether (sulfide) groups is 1. The monoisotopic (exact) mass is 507 g/mol. The van der Waals surface area contributed by atoms with Crippen LogP contribution in [0.2, 0.25) is 0 Å². The number of allylic oxidation sites excluding steroid dienone is 2. The van der Waals surface area contributed by atoms with E-state index in [1.807, 2.05) is 0 Å². The molecule has 2 aliphatic rings. The first-order chi connectivity index (χ1) is 15.6. The number of alkyl halides is 2. The van der Waals surface area contributed by atoms with Crippen molar-refractivity contribution in [3.8, 4) is 11.3 Å². The van der Waals surface area contributed by atoms with E-state index >= 15 is 0 Å². The number of aromatic nitrogens is 3. The number of halogens is 5. The summed E-state index contributed by atoms with van der Waals surface area (Å²) in [4.78, 5) is 0. The second kappa shape index (κ2) is 9.35. The van der Waals surface area contributed by atoms with Crippen molar-refractivity contribution in [3.05, 3.63) is 60.1 Å². The summed E-state index contributed by atoms with van der Waals surface area (Å²) in [7, 11) is 0. The van der Waals surface area contributed by atoms with Gasteiger partial charge in [0.25, 0.3) is 0 Å². The third kappa shape index (κ3) is 4.96. The summed E-state index contributed by atoms with van der Waals surface area (Å²) >= 11 is 6.66. The van der Waals surface area contributed by atoms with Gasteiger partial charge >= 0.3 is 0 Å². The molecule has 0 unspecified atom stereocenters. The molecule has 5 atom stereocenters. The van der Waals surface area contributed by atoms with Crippen LogP contribution in [-0.2, 0) is 4.74 Å². The van der Waals surface area contributed by atoms with Gasteiger partial charge < -0.3 is 20.1 Å². The zero-order valence-electron chi connectivity index (χ0n) is 16.6. The van der Waals surface area contributed by atoms with Gasteiger partial charge in [0.1, 0.15) is 35.5 Å². The molecule has 0 bridgehead atoms. The molecule has 1 aromatic carbocycles. The highest BCUT2D eigenvalue weighted by atomic mass is 35.5. The highest BCUT2D eigenvalue weighted by Crippen LogP contribution is 2.39. The van der Waals surface area contributed by atoms with Gasteiger partial charge in [0.15, 0.2) is 17.5 Å². The Labute approximate surface area is 194 Å². The number of aliphatic hydroxyl groups excluding tert-OH is 3. The topological polar surface area (TPSA) is 101 Å². The normalized spacial score (nSPS) is 34.1. The maximum absolute atomic E-state index is 13.7. The number of hydrogen-bond donors (Lipinski definition) is 3. The molecular formula is C20H18ClF4N3O4S. The number of aliphatic hydroxyl groups is 3. The lowest BCUT2D eigenvalue weighted by Gasteiger charge is -2.42. The van der Waals surface area contributed by atoms with Gasteiger partial charge in [-0.25, -0.2) is 22.2 Å². The summed E-state index contributed by atoms with van der Waals surface area (Å²) in [6, 6.07) is 0.319. The average molecular weight is 508 g/mol. The van der Waals surface area contributed by atoms with Gasteiger partial charge in [0.2, 0.25) is 5.13 Å². The van der Waals surface area contributed by atoms with Crippen molar-refractivity contribution in [2.45, 2.75) is 40.2 Å². The van der Waals surface area contributed by atoms with Crippen molar-refractivity contribution < 1.29 is 37.6 Å². The lowest BCUT2D eigenvalue weighted by atomic mass is 9.97. The lowest BCUT2D eigenvalue weighted by molar-refractivity contribution is -0.178. The number of rotatable bonds is 5. The molecule has 178 valence electrons. The van der Waals surface area contributed by atoms with Crippen molar-refractivity contribution >= 4 is 23.4 Å². The summed E-state index contributed by atoms with van der Waals surface area (Å²) in [5.74, 6) is -4.45. The molecule has 0 radical (unpaired) electrons. The molecule has 4 rings (SSSR count). The Balaban J connectivity index is 1.59. The first-order valence-electron chi connectivity index (χ1n) is 9.71. The number of hydrogen-bond acceptors (Lipinski definition) is 7. The molecule has 1 aliphatic heterocycles. The molecule has 1 saturated heterocycles. The van der Waals surface area contributed by atoms with Crippen molar-refractivity contribution in [2.75, 3.05) is 6.61 Å². The third-order valence-electron chi connectivity index (χ3n) is 5.25.